The number of hydrogen-bond donors (Lipinski definition) is 6. The summed E-state index contributed by atoms with van der Waals surface area (Å²) >= 11 is 6.33. The molecule has 2 amide bonds. The van der Waals surface area contributed by atoms with Gasteiger partial charge in [0.15, 0.2) is 26.7 Å². The third-order valence-corrected chi connectivity index (χ3v) is 28.4. The minimum Gasteiger partial charge on any atom is -0.477 e. The Labute approximate surface area is 655 Å². The first kappa shape index (κ1) is 83.0. The third kappa shape index (κ3) is 19.9. The van der Waals surface area contributed by atoms with Gasteiger partial charge in [0.25, 0.3) is 41.9 Å². The first-order chi connectivity index (χ1) is 51.5. The zero-order valence-electron chi connectivity index (χ0n) is 66.3. The van der Waals surface area contributed by atoms with Crippen LogP contribution in [0.5, 0.6) is 11.8 Å². The van der Waals surface area contributed by atoms with E-state index in [-0.39, 0.29) is 36.9 Å². The Kier molecular flexibility index (Phi) is 24.6. The Morgan fingerprint density at radius 3 is 1.65 bits per heavy atom. The van der Waals surface area contributed by atoms with Crippen LogP contribution >= 0.6 is 11.6 Å². The van der Waals surface area contributed by atoms with Crippen LogP contribution in [0.1, 0.15) is 214 Å². The van der Waals surface area contributed by atoms with Gasteiger partial charge in [-0.05, 0) is 233 Å². The summed E-state index contributed by atoms with van der Waals surface area (Å²) in [4.78, 5) is 50.4. The van der Waals surface area contributed by atoms with Gasteiger partial charge < -0.3 is 30.3 Å². The summed E-state index contributed by atoms with van der Waals surface area (Å²) in [5.74, 6) is 5.18. The number of hydrogen-bond acceptors (Lipinski definition) is 21. The van der Waals surface area contributed by atoms with Gasteiger partial charge in [0.1, 0.15) is 28.4 Å². The molecule has 13 rings (SSSR count). The number of sulfonamides is 3. The lowest BCUT2D eigenvalue weighted by Crippen LogP contribution is -2.41. The molecule has 0 spiro atoms. The molecule has 6 aliphatic rings. The van der Waals surface area contributed by atoms with Gasteiger partial charge in [-0.2, -0.15) is 16.8 Å². The van der Waals surface area contributed by atoms with Crippen molar-refractivity contribution in [1.82, 2.24) is 53.9 Å². The fourth-order valence-corrected chi connectivity index (χ4v) is 19.9. The lowest BCUT2D eigenvalue weighted by atomic mass is 9.89. The highest BCUT2D eigenvalue weighted by Crippen LogP contribution is 2.70. The highest BCUT2D eigenvalue weighted by Gasteiger charge is 2.64. The van der Waals surface area contributed by atoms with Gasteiger partial charge in [0.05, 0.1) is 24.3 Å². The highest BCUT2D eigenvalue weighted by atomic mass is 35.5. The van der Waals surface area contributed by atoms with Crippen LogP contribution in [0.25, 0.3) is 11.6 Å². The minimum absolute atomic E-state index is 0.0911. The van der Waals surface area contributed by atoms with E-state index in [1.165, 1.54) is 80.0 Å². The number of ether oxygens (including phenoxy) is 2. The van der Waals surface area contributed by atoms with Crippen LogP contribution in [0, 0.1) is 62.1 Å². The van der Waals surface area contributed by atoms with Crippen molar-refractivity contribution in [2.24, 2.45) is 67.2 Å². The van der Waals surface area contributed by atoms with Crippen molar-refractivity contribution in [2.45, 2.75) is 214 Å². The second kappa shape index (κ2) is 32.6. The molecule has 7 N–H and O–H groups in total. The molecule has 7 aromatic heterocycles. The van der Waals surface area contributed by atoms with E-state index in [1.807, 2.05) is 6.07 Å². The van der Waals surface area contributed by atoms with Gasteiger partial charge in [-0.3, -0.25) is 9.59 Å². The second-order valence-electron chi connectivity index (χ2n) is 35.3. The maximum absolute atomic E-state index is 13.6. The Morgan fingerprint density at radius 2 is 1.14 bits per heavy atom. The van der Waals surface area contributed by atoms with E-state index in [0.29, 0.717) is 130 Å². The summed E-state index contributed by atoms with van der Waals surface area (Å²) in [7, 11) is -12.2. The number of amides is 2. The molecule has 4 aliphatic carbocycles. The van der Waals surface area contributed by atoms with Crippen LogP contribution in [0.3, 0.4) is 0 Å². The summed E-state index contributed by atoms with van der Waals surface area (Å²) in [6.07, 6.45) is 20.3. The molecule has 9 heterocycles. The number of halogens is 1. The van der Waals surface area contributed by atoms with Crippen molar-refractivity contribution in [3.8, 4) is 23.4 Å². The molecule has 598 valence electrons. The standard InChI is InChI=1S/C33H45ClN6O4S.C32H43N7O4S.C15H25N3O2S/c1-31(2)17-14-22(21-31)9-8-18-35-25-10-7-11-28(36-25)45(42,43)39-30(41)23-12-13-26(37-29(23)34)40-19-15-27(38-40)44-20-16-24-32(3,4)33(24,5)6;1-30(2)19-21-9-8-16-33-24-10-7-11-27(34-24)44(41,42)37-29(40)22-12-13-25(35-28(22)38(30)20-21)39-17-14-26(36-39)43-18-15-23-31(3,4)32(23,5)6;1-15(2)9-8-12(11-15)5-4-10-17-13-6-3-7-14(18-13)21(16,19)20/h7,10-13,15,19,22,24H,8-9,14,16-18,20-21H2,1-6H3,(H,35,36)(H,39,41);7,10-14,17,21,23H,8-9,15-16,18-20H2,1-6H3,(H,33,34)(H,37,40);3,6-7,12H,4-5,8-11H2,1-2H3,(H,17,18)(H2,16,19,20)/t22-;21-;12-/m101/s1. The molecule has 4 saturated carbocycles. The average molecular weight is 1590 g/mol. The van der Waals surface area contributed by atoms with Crippen LogP contribution in [0.15, 0.2) is 118 Å². The van der Waals surface area contributed by atoms with Crippen molar-refractivity contribution < 1.29 is 44.3 Å². The molecular weight excluding hydrogens is 1480 g/mol. The van der Waals surface area contributed by atoms with Crippen LogP contribution in [-0.4, -0.2) is 126 Å². The van der Waals surface area contributed by atoms with Crippen molar-refractivity contribution in [3.63, 3.8) is 0 Å². The first-order valence-electron chi connectivity index (χ1n) is 38.7. The van der Waals surface area contributed by atoms with E-state index in [4.69, 9.17) is 31.2 Å². The van der Waals surface area contributed by atoms with Gasteiger partial charge in [-0.15, -0.1) is 10.2 Å². The molecule has 0 aromatic carbocycles. The number of aromatic nitrogens is 9. The van der Waals surface area contributed by atoms with Crippen molar-refractivity contribution in [2.75, 3.05) is 60.2 Å². The minimum atomic E-state index is -4.26. The quantitative estimate of drug-likeness (QED) is 0.0242. The maximum atomic E-state index is 13.6. The van der Waals surface area contributed by atoms with E-state index < -0.39 is 41.9 Å². The molecule has 5 fully saturated rings. The first-order valence-corrected chi connectivity index (χ1v) is 43.6. The van der Waals surface area contributed by atoms with Gasteiger partial charge in [-0.25, -0.2) is 57.3 Å². The number of carbonyl (C=O) groups excluding carboxylic acids is 2. The van der Waals surface area contributed by atoms with E-state index in [1.54, 1.807) is 71.7 Å². The zero-order chi connectivity index (χ0) is 79.6. The topological polar surface area (TPSA) is 345 Å². The number of nitrogens with zero attached hydrogens (tertiary/aromatic N) is 10. The van der Waals surface area contributed by atoms with E-state index >= 15 is 0 Å². The summed E-state index contributed by atoms with van der Waals surface area (Å²) in [5.41, 5.74) is 1.92. The van der Waals surface area contributed by atoms with Crippen LogP contribution in [0.4, 0.5) is 23.3 Å². The van der Waals surface area contributed by atoms with E-state index in [0.717, 1.165) is 69.7 Å². The predicted octanol–water partition coefficient (Wildman–Crippen LogP) is 14.7. The number of anilines is 4. The maximum Gasteiger partial charge on any atom is 0.281 e. The van der Waals surface area contributed by atoms with E-state index in [9.17, 15) is 34.8 Å². The number of pyridine rings is 5. The number of fused-ring (bicyclic) bond motifs is 6. The molecule has 0 radical (unpaired) electrons. The third-order valence-electron chi connectivity index (χ3n) is 24.8. The van der Waals surface area contributed by atoms with Crippen LogP contribution in [-0.2, 0) is 30.1 Å². The predicted molar refractivity (Wildman–Crippen MR) is 428 cm³/mol. The fourth-order valence-electron chi connectivity index (χ4n) is 17.3. The van der Waals surface area contributed by atoms with Crippen LogP contribution in [0.2, 0.25) is 5.15 Å². The number of primary sulfonamides is 1. The normalized spacial score (nSPS) is 21.7. The average Bonchev–Trinajstić information content (AvgIpc) is 1.55. The molecule has 3 atom stereocenters. The molecule has 7 aromatic rings. The molecule has 0 unspecified atom stereocenters. The lowest BCUT2D eigenvalue weighted by molar-refractivity contribution is 0.0972. The SMILES string of the molecule is CC1(C)CC[C@@H](CCCNc2cccc(S(=O)(=O)NC(=O)c3ccc(-n4ccc(OCCC5C(C)(C)C5(C)C)n4)nc3Cl)n2)C1.CC1(C)CC[C@@H](CCCNc2cccc(S(N)(=O)=O)n2)C1.CC1(C)C[C@@H]2CCCNc3cccc(n3)S(=O)(=O)NC(=O)c3ccc(-n4ccc(OCCC5C(C)(C)C5(C)C)n4)nc3N1C2. The van der Waals surface area contributed by atoms with E-state index in [2.05, 4.69) is 157 Å². The number of nitrogens with two attached hydrogens (primary N) is 1. The highest BCUT2D eigenvalue weighted by molar-refractivity contribution is 7.90. The van der Waals surface area contributed by atoms with Gasteiger partial charge in [0, 0.05) is 56.2 Å². The largest absolute Gasteiger partial charge is 0.477 e. The van der Waals surface area contributed by atoms with Gasteiger partial charge in [-0.1, -0.05) is 113 Å². The summed E-state index contributed by atoms with van der Waals surface area (Å²) in [5, 5.41) is 22.9. The Morgan fingerprint density at radius 1 is 0.618 bits per heavy atom. The van der Waals surface area contributed by atoms with Crippen molar-refractivity contribution in [3.05, 3.63) is 120 Å². The molecule has 1 saturated heterocycles. The molecular formula is C80H113ClN16O10S3. The monoisotopic (exact) mass is 1590 g/mol. The van der Waals surface area contributed by atoms with Crippen LogP contribution < -0.4 is 44.9 Å². The summed E-state index contributed by atoms with van der Waals surface area (Å²) in [6.45, 7) is 36.0. The van der Waals surface area contributed by atoms with Gasteiger partial charge >= 0.3 is 0 Å². The number of rotatable bonds is 24. The summed E-state index contributed by atoms with van der Waals surface area (Å²) < 4.78 is 94.2. The lowest BCUT2D eigenvalue weighted by Gasteiger charge is -2.34. The Balaban J connectivity index is 0.000000174. The van der Waals surface area contributed by atoms with Crippen molar-refractivity contribution in [1.29, 1.82) is 0 Å². The second-order valence-corrected chi connectivity index (χ2v) is 40.4. The van der Waals surface area contributed by atoms with Gasteiger partial charge in [0.2, 0.25) is 11.8 Å². The summed E-state index contributed by atoms with van der Waals surface area (Å²) in [6, 6.07) is 23.9. The fraction of sp³-hybridized carbons (Fsp3) is 0.588. The molecule has 2 aliphatic heterocycles. The zero-order valence-corrected chi connectivity index (χ0v) is 69.5. The molecule has 26 nitrogen and oxygen atoms in total. The number of nitrogens with one attached hydrogen (secondary N) is 5. The Hall–Kier alpha value is -7.99. The Bertz CT molecular complexity index is 4780. The smallest absolute Gasteiger partial charge is 0.281 e. The molecule has 110 heavy (non-hydrogen) atoms. The van der Waals surface area contributed by atoms with Crippen molar-refractivity contribution >= 4 is 76.8 Å². The molecule has 30 heteroatoms. The number of carbonyl (C=O) groups is 2. The molecule has 4 bridgehead atoms.